The molecule has 20 heavy (non-hydrogen) atoms. The molecule has 3 aromatic rings. The maximum atomic E-state index is 4.64. The Labute approximate surface area is 117 Å². The minimum Gasteiger partial charge on any atom is -0.339 e. The molecular weight excluding hydrogens is 252 g/mol. The summed E-state index contributed by atoms with van der Waals surface area (Å²) in [7, 11) is 3.90. The maximum absolute atomic E-state index is 4.64. The summed E-state index contributed by atoms with van der Waals surface area (Å²) in [6, 6.07) is 4.27. The van der Waals surface area contributed by atoms with E-state index in [0.717, 1.165) is 16.9 Å². The maximum Gasteiger partial charge on any atom is 0.268 e. The average molecular weight is 271 g/mol. The van der Waals surface area contributed by atoms with Crippen molar-refractivity contribution in [1.82, 2.24) is 19.9 Å². The van der Waals surface area contributed by atoms with Crippen LogP contribution < -0.4 is 9.58 Å². The Morgan fingerprint density at radius 1 is 1.25 bits per heavy atom. The molecule has 6 nitrogen and oxygen atoms in total. The van der Waals surface area contributed by atoms with Crippen molar-refractivity contribution in [2.75, 3.05) is 19.1 Å². The number of fused-ring (bicyclic) bond motifs is 1. The predicted molar refractivity (Wildman–Crippen MR) is 77.2 cm³/mol. The highest BCUT2D eigenvalue weighted by molar-refractivity contribution is 5.77. The van der Waals surface area contributed by atoms with Gasteiger partial charge < -0.3 is 4.98 Å². The summed E-state index contributed by atoms with van der Waals surface area (Å²) in [4.78, 5) is 9.78. The van der Waals surface area contributed by atoms with Gasteiger partial charge in [0.25, 0.3) is 12.7 Å². The number of H-pyrrole nitrogens is 1. The SMILES string of the molecule is Cc1cc2nc(C[n+]3cnn(N(C)C)c3)[nH]c2cc1C. The molecule has 0 saturated heterocycles. The summed E-state index contributed by atoms with van der Waals surface area (Å²) in [6.07, 6.45) is 3.73. The van der Waals surface area contributed by atoms with Gasteiger partial charge in [-0.3, -0.25) is 0 Å². The lowest BCUT2D eigenvalue weighted by molar-refractivity contribution is -0.690. The zero-order chi connectivity index (χ0) is 14.3. The molecule has 0 aliphatic rings. The van der Waals surface area contributed by atoms with E-state index < -0.39 is 0 Å². The number of hydrogen-bond acceptors (Lipinski definition) is 3. The molecule has 0 atom stereocenters. The molecule has 0 bridgehead atoms. The van der Waals surface area contributed by atoms with Gasteiger partial charge in [-0.2, -0.15) is 0 Å². The minimum atomic E-state index is 0.681. The molecule has 2 heterocycles. The van der Waals surface area contributed by atoms with Crippen LogP contribution in [0, 0.1) is 13.8 Å². The molecule has 6 heteroatoms. The third-order valence-electron chi connectivity index (χ3n) is 3.46. The van der Waals surface area contributed by atoms with E-state index in [1.165, 1.54) is 11.1 Å². The van der Waals surface area contributed by atoms with Crippen molar-refractivity contribution in [2.24, 2.45) is 0 Å². The fraction of sp³-hybridized carbons (Fsp3) is 0.357. The van der Waals surface area contributed by atoms with Gasteiger partial charge in [0.15, 0.2) is 0 Å². The largest absolute Gasteiger partial charge is 0.339 e. The van der Waals surface area contributed by atoms with Gasteiger partial charge in [0.05, 0.1) is 16.1 Å². The number of rotatable bonds is 3. The Morgan fingerprint density at radius 3 is 2.70 bits per heavy atom. The first-order valence-electron chi connectivity index (χ1n) is 6.60. The third kappa shape index (κ3) is 2.24. The molecular formula is C14H19N6+. The van der Waals surface area contributed by atoms with Gasteiger partial charge in [0.1, 0.15) is 12.4 Å². The van der Waals surface area contributed by atoms with E-state index >= 15 is 0 Å². The standard InChI is InChI=1S/C14H19N6/c1-10-5-12-13(6-11(10)2)17-14(16-12)7-19-8-15-20(9-19)18(3)4/h5-6,8-9H,7H2,1-4H3,(H,16,17)/q+1. The first kappa shape index (κ1) is 12.7. The van der Waals surface area contributed by atoms with Crippen molar-refractivity contribution in [2.45, 2.75) is 20.4 Å². The monoisotopic (exact) mass is 271 g/mol. The Bertz CT molecular complexity index is 713. The minimum absolute atomic E-state index is 0.681. The zero-order valence-corrected chi connectivity index (χ0v) is 12.3. The van der Waals surface area contributed by atoms with Crippen molar-refractivity contribution in [3.63, 3.8) is 0 Å². The second kappa shape index (κ2) is 4.63. The molecule has 0 unspecified atom stereocenters. The Balaban J connectivity index is 1.90. The van der Waals surface area contributed by atoms with Crippen molar-refractivity contribution < 1.29 is 4.57 Å². The summed E-state index contributed by atoms with van der Waals surface area (Å²) in [5.74, 6) is 0.938. The number of nitrogens with zero attached hydrogens (tertiary/aromatic N) is 5. The molecule has 0 aliphatic heterocycles. The van der Waals surface area contributed by atoms with E-state index in [2.05, 4.69) is 41.0 Å². The van der Waals surface area contributed by atoms with Gasteiger partial charge in [-0.15, -0.1) is 0 Å². The summed E-state index contributed by atoms with van der Waals surface area (Å²) >= 11 is 0. The fourth-order valence-corrected chi connectivity index (χ4v) is 2.17. The van der Waals surface area contributed by atoms with Crippen molar-refractivity contribution in [3.05, 3.63) is 41.7 Å². The van der Waals surface area contributed by atoms with Gasteiger partial charge in [-0.05, 0) is 41.9 Å². The number of aryl methyl sites for hydroxylation is 2. The van der Waals surface area contributed by atoms with Crippen LogP contribution in [0.3, 0.4) is 0 Å². The number of hydrogen-bond donors (Lipinski definition) is 1. The van der Waals surface area contributed by atoms with E-state index in [9.17, 15) is 0 Å². The number of nitrogens with one attached hydrogen (secondary N) is 1. The number of aromatic amines is 1. The number of aromatic nitrogens is 5. The molecule has 1 N–H and O–H groups in total. The summed E-state index contributed by atoms with van der Waals surface area (Å²) in [5, 5.41) is 6.16. The molecule has 104 valence electrons. The lowest BCUT2D eigenvalue weighted by atomic mass is 10.1. The van der Waals surface area contributed by atoms with Crippen LogP contribution >= 0.6 is 0 Å². The molecule has 0 amide bonds. The van der Waals surface area contributed by atoms with Crippen LogP contribution in [0.1, 0.15) is 17.0 Å². The van der Waals surface area contributed by atoms with E-state index in [0.29, 0.717) is 6.54 Å². The normalized spacial score (nSPS) is 11.2. The molecule has 2 aromatic heterocycles. The van der Waals surface area contributed by atoms with Crippen LogP contribution in [-0.2, 0) is 6.54 Å². The third-order valence-corrected chi connectivity index (χ3v) is 3.46. The highest BCUT2D eigenvalue weighted by Crippen LogP contribution is 2.17. The molecule has 0 fully saturated rings. The van der Waals surface area contributed by atoms with Gasteiger partial charge in [0.2, 0.25) is 0 Å². The topological polar surface area (TPSA) is 53.6 Å². The van der Waals surface area contributed by atoms with Gasteiger partial charge in [-0.25, -0.2) is 14.6 Å². The van der Waals surface area contributed by atoms with Crippen LogP contribution in [0.2, 0.25) is 0 Å². The fourth-order valence-electron chi connectivity index (χ4n) is 2.17. The zero-order valence-electron chi connectivity index (χ0n) is 12.3. The van der Waals surface area contributed by atoms with E-state index in [4.69, 9.17) is 0 Å². The Morgan fingerprint density at radius 2 is 2.00 bits per heavy atom. The first-order chi connectivity index (χ1) is 9.52. The quantitative estimate of drug-likeness (QED) is 0.720. The molecule has 0 radical (unpaired) electrons. The highest BCUT2D eigenvalue weighted by atomic mass is 15.7. The van der Waals surface area contributed by atoms with Gasteiger partial charge in [-0.1, -0.05) is 0 Å². The summed E-state index contributed by atoms with van der Waals surface area (Å²) < 4.78 is 2.00. The van der Waals surface area contributed by atoms with Gasteiger partial charge >= 0.3 is 0 Å². The number of benzene rings is 1. The smallest absolute Gasteiger partial charge is 0.268 e. The second-order valence-electron chi connectivity index (χ2n) is 5.32. The van der Waals surface area contributed by atoms with Crippen LogP contribution in [0.25, 0.3) is 11.0 Å². The van der Waals surface area contributed by atoms with Crippen molar-refractivity contribution >= 4 is 11.0 Å². The summed E-state index contributed by atoms with van der Waals surface area (Å²) in [5.41, 5.74) is 4.65. The second-order valence-corrected chi connectivity index (χ2v) is 5.32. The molecule has 0 spiro atoms. The average Bonchev–Trinajstić information content (AvgIpc) is 2.97. The van der Waals surface area contributed by atoms with Crippen molar-refractivity contribution in [1.29, 1.82) is 0 Å². The van der Waals surface area contributed by atoms with Crippen LogP contribution in [0.4, 0.5) is 0 Å². The first-order valence-corrected chi connectivity index (χ1v) is 6.60. The van der Waals surface area contributed by atoms with Crippen molar-refractivity contribution in [3.8, 4) is 0 Å². The summed E-state index contributed by atoms with van der Waals surface area (Å²) in [6.45, 7) is 4.91. The lowest BCUT2D eigenvalue weighted by Crippen LogP contribution is -2.34. The molecule has 0 aliphatic carbocycles. The Kier molecular flexibility index (Phi) is 2.93. The van der Waals surface area contributed by atoms with E-state index in [1.807, 2.05) is 30.0 Å². The number of imidazole rings is 1. The van der Waals surface area contributed by atoms with Crippen LogP contribution in [0.5, 0.6) is 0 Å². The molecule has 1 aromatic carbocycles. The van der Waals surface area contributed by atoms with Gasteiger partial charge in [0, 0.05) is 14.1 Å². The predicted octanol–water partition coefficient (Wildman–Crippen LogP) is 0.910. The van der Waals surface area contributed by atoms with Crippen LogP contribution in [-0.4, -0.2) is 34.0 Å². The molecule has 0 saturated carbocycles. The lowest BCUT2D eigenvalue weighted by Gasteiger charge is -2.01. The highest BCUT2D eigenvalue weighted by Gasteiger charge is 2.10. The molecule has 3 rings (SSSR count). The van der Waals surface area contributed by atoms with E-state index in [-0.39, 0.29) is 0 Å². The Hall–Kier alpha value is -2.37. The van der Waals surface area contributed by atoms with Crippen LogP contribution in [0.15, 0.2) is 24.8 Å². The van der Waals surface area contributed by atoms with E-state index in [1.54, 1.807) is 11.1 Å².